The number of hydrogen-bond donors (Lipinski definition) is 0. The second kappa shape index (κ2) is 4.96. The van der Waals surface area contributed by atoms with Gasteiger partial charge in [0.2, 0.25) is 0 Å². The number of fused-ring (bicyclic) bond motifs is 1. The Kier molecular flexibility index (Phi) is 3.14. The van der Waals surface area contributed by atoms with E-state index in [1.54, 1.807) is 4.90 Å². The molecule has 0 bridgehead atoms. The van der Waals surface area contributed by atoms with E-state index in [4.69, 9.17) is 0 Å². The van der Waals surface area contributed by atoms with Crippen molar-refractivity contribution in [2.45, 2.75) is 32.9 Å². The SMILES string of the molecule is CCCCn1nc2n(c1=O)C(=O)N(c1ccccc1)C2. The summed E-state index contributed by atoms with van der Waals surface area (Å²) in [7, 11) is 0. The van der Waals surface area contributed by atoms with E-state index < -0.39 is 0 Å². The van der Waals surface area contributed by atoms with Crippen LogP contribution in [0.5, 0.6) is 0 Å². The van der Waals surface area contributed by atoms with E-state index in [2.05, 4.69) is 12.0 Å². The molecule has 1 aromatic carbocycles. The number of nitrogens with zero attached hydrogens (tertiary/aromatic N) is 4. The van der Waals surface area contributed by atoms with Crippen LogP contribution < -0.4 is 10.6 Å². The summed E-state index contributed by atoms with van der Waals surface area (Å²) in [5.74, 6) is 0.514. The molecule has 1 aliphatic heterocycles. The second-order valence-corrected chi connectivity index (χ2v) is 4.82. The minimum atomic E-state index is -0.336. The molecule has 1 amide bonds. The van der Waals surface area contributed by atoms with Gasteiger partial charge in [-0.1, -0.05) is 31.5 Å². The van der Waals surface area contributed by atoms with E-state index in [0.29, 0.717) is 18.9 Å². The van der Waals surface area contributed by atoms with E-state index in [0.717, 1.165) is 18.5 Å². The highest BCUT2D eigenvalue weighted by molar-refractivity contribution is 5.95. The van der Waals surface area contributed by atoms with Crippen LogP contribution in [0.2, 0.25) is 0 Å². The maximum Gasteiger partial charge on any atom is 0.354 e. The van der Waals surface area contributed by atoms with Gasteiger partial charge < -0.3 is 0 Å². The molecule has 0 saturated heterocycles. The molecule has 1 aliphatic rings. The van der Waals surface area contributed by atoms with Gasteiger partial charge >= 0.3 is 11.7 Å². The smallest absolute Gasteiger partial charge is 0.286 e. The maximum atomic E-state index is 12.3. The molecule has 6 nitrogen and oxygen atoms in total. The summed E-state index contributed by atoms with van der Waals surface area (Å²) in [5, 5.41) is 4.26. The fraction of sp³-hybridized carbons (Fsp3) is 0.357. The van der Waals surface area contributed by atoms with Crippen molar-refractivity contribution >= 4 is 11.7 Å². The van der Waals surface area contributed by atoms with Crippen LogP contribution in [0.3, 0.4) is 0 Å². The fourth-order valence-corrected chi connectivity index (χ4v) is 2.34. The number of rotatable bonds is 4. The Morgan fingerprint density at radius 2 is 1.95 bits per heavy atom. The van der Waals surface area contributed by atoms with Crippen LogP contribution in [0.1, 0.15) is 25.6 Å². The molecule has 6 heteroatoms. The lowest BCUT2D eigenvalue weighted by Gasteiger charge is -2.14. The molecule has 104 valence electrons. The number of amides is 1. The minimum absolute atomic E-state index is 0.320. The van der Waals surface area contributed by atoms with Gasteiger partial charge in [0, 0.05) is 12.2 Å². The molecule has 0 radical (unpaired) electrons. The van der Waals surface area contributed by atoms with Gasteiger partial charge in [-0.2, -0.15) is 9.67 Å². The largest absolute Gasteiger partial charge is 0.354 e. The molecule has 0 aliphatic carbocycles. The molecule has 2 aromatic rings. The van der Waals surface area contributed by atoms with E-state index in [9.17, 15) is 9.59 Å². The number of hydrogen-bond acceptors (Lipinski definition) is 3. The molecule has 1 aromatic heterocycles. The van der Waals surface area contributed by atoms with Crippen LogP contribution in [0.25, 0.3) is 0 Å². The van der Waals surface area contributed by atoms with Crippen molar-refractivity contribution in [3.05, 3.63) is 46.6 Å². The molecule has 0 saturated carbocycles. The number of carbonyl (C=O) groups excluding carboxylic acids is 1. The van der Waals surface area contributed by atoms with E-state index >= 15 is 0 Å². The van der Waals surface area contributed by atoms with Gasteiger partial charge in [0.05, 0.1) is 6.54 Å². The second-order valence-electron chi connectivity index (χ2n) is 4.82. The summed E-state index contributed by atoms with van der Waals surface area (Å²) < 4.78 is 2.56. The normalized spacial score (nSPS) is 13.8. The quantitative estimate of drug-likeness (QED) is 0.853. The Morgan fingerprint density at radius 1 is 1.20 bits per heavy atom. The third-order valence-electron chi connectivity index (χ3n) is 3.42. The van der Waals surface area contributed by atoms with Crippen LogP contribution >= 0.6 is 0 Å². The average Bonchev–Trinajstić information content (AvgIpc) is 2.96. The molecule has 0 fully saturated rings. The predicted octanol–water partition coefficient (Wildman–Crippen LogP) is 1.83. The third kappa shape index (κ3) is 1.93. The number of aryl methyl sites for hydroxylation is 1. The number of unbranched alkanes of at least 4 members (excludes halogenated alkanes) is 1. The van der Waals surface area contributed by atoms with Crippen molar-refractivity contribution < 1.29 is 4.79 Å². The molecule has 3 rings (SSSR count). The fourth-order valence-electron chi connectivity index (χ4n) is 2.34. The number of aromatic nitrogens is 3. The molecule has 0 N–H and O–H groups in total. The molecule has 0 unspecified atom stereocenters. The van der Waals surface area contributed by atoms with Crippen LogP contribution in [0.4, 0.5) is 10.5 Å². The minimum Gasteiger partial charge on any atom is -0.286 e. The van der Waals surface area contributed by atoms with Crippen molar-refractivity contribution in [2.75, 3.05) is 4.90 Å². The van der Waals surface area contributed by atoms with Crippen molar-refractivity contribution in [1.82, 2.24) is 14.3 Å². The first-order valence-corrected chi connectivity index (χ1v) is 6.78. The zero-order chi connectivity index (χ0) is 14.1. The van der Waals surface area contributed by atoms with Gasteiger partial charge in [0.25, 0.3) is 0 Å². The topological polar surface area (TPSA) is 60.1 Å². The first-order valence-electron chi connectivity index (χ1n) is 6.78. The van der Waals surface area contributed by atoms with E-state index in [1.807, 2.05) is 30.3 Å². The highest BCUT2D eigenvalue weighted by Crippen LogP contribution is 2.21. The summed E-state index contributed by atoms with van der Waals surface area (Å²) in [5.41, 5.74) is 0.444. The Hall–Kier alpha value is -2.37. The molecule has 0 atom stereocenters. The van der Waals surface area contributed by atoms with Crippen molar-refractivity contribution in [1.29, 1.82) is 0 Å². The Labute approximate surface area is 116 Å². The van der Waals surface area contributed by atoms with E-state index in [1.165, 1.54) is 9.25 Å². The Bertz CT molecular complexity index is 687. The van der Waals surface area contributed by atoms with Gasteiger partial charge in [-0.15, -0.1) is 0 Å². The highest BCUT2D eigenvalue weighted by atomic mass is 16.2. The van der Waals surface area contributed by atoms with Gasteiger partial charge in [-0.3, -0.25) is 4.90 Å². The zero-order valence-corrected chi connectivity index (χ0v) is 11.3. The Balaban J connectivity index is 1.91. The standard InChI is InChI=1S/C14H16N4O2/c1-2-3-9-17-14(20)18-12(15-17)10-16(13(18)19)11-7-5-4-6-8-11/h4-8H,2-3,9-10H2,1H3. The first-order chi connectivity index (χ1) is 9.72. The van der Waals surface area contributed by atoms with E-state index in [-0.39, 0.29) is 11.7 Å². The van der Waals surface area contributed by atoms with Crippen LogP contribution in [-0.4, -0.2) is 20.4 Å². The van der Waals surface area contributed by atoms with Gasteiger partial charge in [-0.05, 0) is 18.6 Å². The van der Waals surface area contributed by atoms with Crippen molar-refractivity contribution in [2.24, 2.45) is 0 Å². The lowest BCUT2D eigenvalue weighted by atomic mass is 10.3. The number of carbonyl (C=O) groups is 1. The number of para-hydroxylation sites is 1. The summed E-state index contributed by atoms with van der Waals surface area (Å²) in [4.78, 5) is 26.1. The zero-order valence-electron chi connectivity index (χ0n) is 11.3. The lowest BCUT2D eigenvalue weighted by molar-refractivity contribution is 0.250. The van der Waals surface area contributed by atoms with Gasteiger partial charge in [-0.25, -0.2) is 14.3 Å². The highest BCUT2D eigenvalue weighted by Gasteiger charge is 2.33. The number of benzene rings is 1. The first kappa shape index (κ1) is 12.7. The average molecular weight is 272 g/mol. The van der Waals surface area contributed by atoms with Crippen molar-refractivity contribution in [3.63, 3.8) is 0 Å². The molecule has 2 heterocycles. The molecule has 0 spiro atoms. The summed E-state index contributed by atoms with van der Waals surface area (Å²) in [6, 6.07) is 8.99. The van der Waals surface area contributed by atoms with Gasteiger partial charge in [0.15, 0.2) is 5.82 Å². The molecular weight excluding hydrogens is 256 g/mol. The number of anilines is 1. The predicted molar refractivity (Wildman–Crippen MR) is 74.8 cm³/mol. The Morgan fingerprint density at radius 3 is 2.60 bits per heavy atom. The van der Waals surface area contributed by atoms with Crippen LogP contribution in [-0.2, 0) is 13.1 Å². The third-order valence-corrected chi connectivity index (χ3v) is 3.42. The lowest BCUT2D eigenvalue weighted by Crippen LogP contribution is -2.34. The monoisotopic (exact) mass is 272 g/mol. The maximum absolute atomic E-state index is 12.3. The molecule has 20 heavy (non-hydrogen) atoms. The van der Waals surface area contributed by atoms with Crippen LogP contribution in [0, 0.1) is 0 Å². The van der Waals surface area contributed by atoms with Crippen molar-refractivity contribution in [3.8, 4) is 0 Å². The summed E-state index contributed by atoms with van der Waals surface area (Å²) in [6.45, 7) is 2.96. The summed E-state index contributed by atoms with van der Waals surface area (Å²) >= 11 is 0. The summed E-state index contributed by atoms with van der Waals surface area (Å²) in [6.07, 6.45) is 1.87. The van der Waals surface area contributed by atoms with Gasteiger partial charge in [0.1, 0.15) is 0 Å². The molecular formula is C14H16N4O2. The van der Waals surface area contributed by atoms with Crippen LogP contribution in [0.15, 0.2) is 35.1 Å².